The number of aliphatic carboxylic acids is 1. The molecule has 2 atom stereocenters. The van der Waals surface area contributed by atoms with Crippen molar-refractivity contribution in [3.05, 3.63) is 17.5 Å². The maximum atomic E-state index is 10.8. The molecular weight excluding hydrogens is 192 g/mol. The number of carbonyl (C=O) groups is 1. The number of aromatic nitrogens is 2. The van der Waals surface area contributed by atoms with Crippen LogP contribution < -0.4 is 0 Å². The summed E-state index contributed by atoms with van der Waals surface area (Å²) in [5.41, 5.74) is 2.14. The Labute approximate surface area is 88.9 Å². The van der Waals surface area contributed by atoms with E-state index in [1.807, 2.05) is 24.7 Å². The Hall–Kier alpha value is -1.32. The summed E-state index contributed by atoms with van der Waals surface area (Å²) in [6.07, 6.45) is 2.70. The summed E-state index contributed by atoms with van der Waals surface area (Å²) in [4.78, 5) is 10.8. The van der Waals surface area contributed by atoms with Gasteiger partial charge in [0, 0.05) is 12.7 Å². The molecule has 1 saturated carbocycles. The fraction of sp³-hybridized carbons (Fsp3) is 0.636. The lowest BCUT2D eigenvalue weighted by Gasteiger charge is -2.33. The average molecular weight is 208 g/mol. The smallest absolute Gasteiger partial charge is 0.306 e. The van der Waals surface area contributed by atoms with Crippen molar-refractivity contribution in [1.29, 1.82) is 0 Å². The van der Waals surface area contributed by atoms with Crippen LogP contribution in [0.2, 0.25) is 0 Å². The summed E-state index contributed by atoms with van der Waals surface area (Å²) in [6, 6.07) is 2.04. The van der Waals surface area contributed by atoms with Gasteiger partial charge in [-0.15, -0.1) is 0 Å². The van der Waals surface area contributed by atoms with Crippen LogP contribution in [0, 0.1) is 18.8 Å². The standard InChI is InChI=1S/C11H16N2O2/c1-7-5-9(13(2)12-7)6-8-3-4-10(8)11(14)15/h5,8,10H,3-4,6H2,1-2H3,(H,14,15). The van der Waals surface area contributed by atoms with Crippen molar-refractivity contribution in [2.45, 2.75) is 26.2 Å². The van der Waals surface area contributed by atoms with E-state index < -0.39 is 5.97 Å². The van der Waals surface area contributed by atoms with Crippen LogP contribution >= 0.6 is 0 Å². The summed E-state index contributed by atoms with van der Waals surface area (Å²) in [6.45, 7) is 1.96. The third kappa shape index (κ3) is 1.89. The molecule has 0 aromatic carbocycles. The Kier molecular flexibility index (Phi) is 2.50. The van der Waals surface area contributed by atoms with Crippen molar-refractivity contribution in [2.75, 3.05) is 0 Å². The predicted molar refractivity (Wildman–Crippen MR) is 55.5 cm³/mol. The maximum absolute atomic E-state index is 10.8. The highest BCUT2D eigenvalue weighted by molar-refractivity contribution is 5.71. The number of hydrogen-bond acceptors (Lipinski definition) is 2. The fourth-order valence-electron chi connectivity index (χ4n) is 2.26. The Morgan fingerprint density at radius 3 is 2.80 bits per heavy atom. The zero-order valence-electron chi connectivity index (χ0n) is 9.10. The minimum absolute atomic E-state index is 0.139. The van der Waals surface area contributed by atoms with E-state index in [0.717, 1.165) is 30.7 Å². The number of carboxylic acid groups (broad SMARTS) is 1. The normalized spacial score (nSPS) is 24.9. The van der Waals surface area contributed by atoms with E-state index in [9.17, 15) is 4.79 Å². The number of aryl methyl sites for hydroxylation is 2. The van der Waals surface area contributed by atoms with Crippen molar-refractivity contribution in [3.8, 4) is 0 Å². The highest BCUT2D eigenvalue weighted by Crippen LogP contribution is 2.36. The summed E-state index contributed by atoms with van der Waals surface area (Å²) in [7, 11) is 1.91. The minimum Gasteiger partial charge on any atom is -0.481 e. The van der Waals surface area contributed by atoms with Crippen molar-refractivity contribution in [1.82, 2.24) is 9.78 Å². The molecule has 2 rings (SSSR count). The molecule has 1 heterocycles. The van der Waals surface area contributed by atoms with Crippen LogP contribution in [-0.4, -0.2) is 20.9 Å². The van der Waals surface area contributed by atoms with Gasteiger partial charge >= 0.3 is 5.97 Å². The topological polar surface area (TPSA) is 55.1 Å². The number of hydrogen-bond donors (Lipinski definition) is 1. The average Bonchev–Trinajstić information content (AvgIpc) is 2.38. The van der Waals surface area contributed by atoms with Gasteiger partial charge in [-0.3, -0.25) is 9.48 Å². The lowest BCUT2D eigenvalue weighted by molar-refractivity contribution is -0.147. The molecule has 82 valence electrons. The fourth-order valence-corrected chi connectivity index (χ4v) is 2.26. The van der Waals surface area contributed by atoms with Crippen LogP contribution in [0.4, 0.5) is 0 Å². The molecule has 0 radical (unpaired) electrons. The molecule has 0 saturated heterocycles. The first kappa shape index (κ1) is 10.2. The SMILES string of the molecule is Cc1cc(CC2CCC2C(=O)O)n(C)n1. The van der Waals surface area contributed by atoms with Crippen molar-refractivity contribution in [2.24, 2.45) is 18.9 Å². The number of carboxylic acids is 1. The van der Waals surface area contributed by atoms with Gasteiger partial charge in [0.15, 0.2) is 0 Å². The van der Waals surface area contributed by atoms with E-state index >= 15 is 0 Å². The van der Waals surface area contributed by atoms with Crippen LogP contribution in [0.15, 0.2) is 6.07 Å². The molecule has 0 spiro atoms. The lowest BCUT2D eigenvalue weighted by Crippen LogP contribution is -2.34. The zero-order chi connectivity index (χ0) is 11.0. The molecule has 1 aliphatic rings. The van der Waals surface area contributed by atoms with Crippen molar-refractivity contribution < 1.29 is 9.90 Å². The second-order valence-electron chi connectivity index (χ2n) is 4.39. The van der Waals surface area contributed by atoms with Gasteiger partial charge in [0.1, 0.15) is 0 Å². The van der Waals surface area contributed by atoms with E-state index in [0.29, 0.717) is 5.92 Å². The molecular formula is C11H16N2O2. The number of rotatable bonds is 3. The van der Waals surface area contributed by atoms with Gasteiger partial charge in [0.05, 0.1) is 11.6 Å². The molecule has 0 aliphatic heterocycles. The lowest BCUT2D eigenvalue weighted by atomic mass is 9.71. The van der Waals surface area contributed by atoms with E-state index in [4.69, 9.17) is 5.11 Å². The maximum Gasteiger partial charge on any atom is 0.306 e. The Morgan fingerprint density at radius 1 is 1.67 bits per heavy atom. The van der Waals surface area contributed by atoms with Crippen molar-refractivity contribution in [3.63, 3.8) is 0 Å². The highest BCUT2D eigenvalue weighted by atomic mass is 16.4. The van der Waals surface area contributed by atoms with E-state index in [1.165, 1.54) is 0 Å². The quantitative estimate of drug-likeness (QED) is 0.816. The molecule has 1 fully saturated rings. The molecule has 1 aliphatic carbocycles. The molecule has 1 aromatic rings. The molecule has 4 nitrogen and oxygen atoms in total. The van der Waals surface area contributed by atoms with Gasteiger partial charge in [-0.05, 0) is 38.2 Å². The van der Waals surface area contributed by atoms with Gasteiger partial charge < -0.3 is 5.11 Å². The molecule has 0 bridgehead atoms. The Morgan fingerprint density at radius 2 is 2.40 bits per heavy atom. The van der Waals surface area contributed by atoms with Crippen LogP contribution in [0.1, 0.15) is 24.2 Å². The monoisotopic (exact) mass is 208 g/mol. The van der Waals surface area contributed by atoms with Crippen molar-refractivity contribution >= 4 is 5.97 Å². The first-order valence-corrected chi connectivity index (χ1v) is 5.30. The van der Waals surface area contributed by atoms with E-state index in [2.05, 4.69) is 5.10 Å². The molecule has 1 aromatic heterocycles. The van der Waals surface area contributed by atoms with E-state index in [-0.39, 0.29) is 5.92 Å². The summed E-state index contributed by atoms with van der Waals surface area (Å²) in [5, 5.41) is 13.2. The third-order valence-electron chi connectivity index (χ3n) is 3.30. The first-order chi connectivity index (χ1) is 7.08. The van der Waals surface area contributed by atoms with E-state index in [1.54, 1.807) is 0 Å². The molecule has 0 amide bonds. The molecule has 2 unspecified atom stereocenters. The molecule has 4 heteroatoms. The molecule has 1 N–H and O–H groups in total. The largest absolute Gasteiger partial charge is 0.481 e. The summed E-state index contributed by atoms with van der Waals surface area (Å²) in [5.74, 6) is -0.484. The van der Waals surface area contributed by atoms with Gasteiger partial charge in [-0.1, -0.05) is 0 Å². The van der Waals surface area contributed by atoms with Gasteiger partial charge in [-0.2, -0.15) is 5.10 Å². The van der Waals surface area contributed by atoms with Gasteiger partial charge in [0.25, 0.3) is 0 Å². The Balaban J connectivity index is 2.03. The second kappa shape index (κ2) is 3.68. The minimum atomic E-state index is -0.648. The third-order valence-corrected chi connectivity index (χ3v) is 3.30. The highest BCUT2D eigenvalue weighted by Gasteiger charge is 2.36. The summed E-state index contributed by atoms with van der Waals surface area (Å²) < 4.78 is 1.85. The Bertz CT molecular complexity index is 384. The van der Waals surface area contributed by atoms with Crippen LogP contribution in [-0.2, 0) is 18.3 Å². The van der Waals surface area contributed by atoms with Gasteiger partial charge in [-0.25, -0.2) is 0 Å². The summed E-state index contributed by atoms with van der Waals surface area (Å²) >= 11 is 0. The van der Waals surface area contributed by atoms with Crippen LogP contribution in [0.25, 0.3) is 0 Å². The first-order valence-electron chi connectivity index (χ1n) is 5.30. The number of nitrogens with zero attached hydrogens (tertiary/aromatic N) is 2. The zero-order valence-corrected chi connectivity index (χ0v) is 9.10. The molecule has 15 heavy (non-hydrogen) atoms. The predicted octanol–water partition coefficient (Wildman–Crippen LogP) is 1.38. The van der Waals surface area contributed by atoms with Crippen LogP contribution in [0.5, 0.6) is 0 Å². The van der Waals surface area contributed by atoms with Gasteiger partial charge in [0.2, 0.25) is 0 Å². The van der Waals surface area contributed by atoms with Crippen LogP contribution in [0.3, 0.4) is 0 Å². The second-order valence-corrected chi connectivity index (χ2v) is 4.39.